The van der Waals surface area contributed by atoms with Gasteiger partial charge in [-0.05, 0) is 61.9 Å². The minimum Gasteiger partial charge on any atom is -0.328 e. The van der Waals surface area contributed by atoms with Gasteiger partial charge >= 0.3 is 6.03 Å². The van der Waals surface area contributed by atoms with Crippen LogP contribution in [-0.4, -0.2) is 43.8 Å². The number of carbonyl (C=O) groups is 1. The van der Waals surface area contributed by atoms with Crippen molar-refractivity contribution in [3.05, 3.63) is 77.3 Å². The Morgan fingerprint density at radius 1 is 1.03 bits per heavy atom. The molecule has 2 aliphatic heterocycles. The van der Waals surface area contributed by atoms with Crippen molar-refractivity contribution in [1.29, 1.82) is 0 Å². The van der Waals surface area contributed by atoms with E-state index in [4.69, 9.17) is 16.7 Å². The number of nitrogens with zero attached hydrogens (tertiary/aromatic N) is 5. The maximum Gasteiger partial charge on any atom is 0.318 e. The molecular formula is C28H27ClN6O. The van der Waals surface area contributed by atoms with Crippen LogP contribution >= 0.6 is 11.6 Å². The first-order valence-corrected chi connectivity index (χ1v) is 13.0. The van der Waals surface area contributed by atoms with Crippen LogP contribution in [0.3, 0.4) is 0 Å². The third kappa shape index (κ3) is 3.33. The SMILES string of the molecule is O=C(NC1(c2ccncc2Cl)CCC1)N1CCC2(CCn3nc(-c4cnc5ccccc5c4)cc32)C1. The predicted octanol–water partition coefficient (Wildman–Crippen LogP) is 5.28. The molecule has 1 N–H and O–H groups in total. The van der Waals surface area contributed by atoms with E-state index in [1.807, 2.05) is 35.4 Å². The highest BCUT2D eigenvalue weighted by Gasteiger charge is 2.49. The predicted molar refractivity (Wildman–Crippen MR) is 139 cm³/mol. The Kier molecular flexibility index (Phi) is 4.86. The molecule has 0 bridgehead atoms. The molecular weight excluding hydrogens is 472 g/mol. The van der Waals surface area contributed by atoms with Crippen molar-refractivity contribution >= 4 is 28.5 Å². The Bertz CT molecular complexity index is 1490. The number of pyridine rings is 2. The zero-order chi connectivity index (χ0) is 24.3. The number of aryl methyl sites for hydroxylation is 1. The van der Waals surface area contributed by atoms with Gasteiger partial charge in [-0.1, -0.05) is 29.8 Å². The van der Waals surface area contributed by atoms with Gasteiger partial charge < -0.3 is 10.2 Å². The molecule has 0 radical (unpaired) electrons. The molecule has 8 heteroatoms. The minimum absolute atomic E-state index is 0.00336. The molecule has 1 saturated heterocycles. The first-order valence-electron chi connectivity index (χ1n) is 12.7. The summed E-state index contributed by atoms with van der Waals surface area (Å²) in [6.45, 7) is 2.33. The highest BCUT2D eigenvalue weighted by atomic mass is 35.5. The molecule has 182 valence electrons. The number of aromatic nitrogens is 4. The van der Waals surface area contributed by atoms with Gasteiger partial charge in [0.25, 0.3) is 0 Å². The van der Waals surface area contributed by atoms with Gasteiger partial charge in [0.15, 0.2) is 0 Å². The topological polar surface area (TPSA) is 75.9 Å². The monoisotopic (exact) mass is 498 g/mol. The molecule has 1 atom stereocenters. The Labute approximate surface area is 214 Å². The molecule has 1 unspecified atom stereocenters. The van der Waals surface area contributed by atoms with Gasteiger partial charge in [0.2, 0.25) is 0 Å². The van der Waals surface area contributed by atoms with Gasteiger partial charge in [0, 0.05) is 60.3 Å². The van der Waals surface area contributed by atoms with Crippen molar-refractivity contribution in [1.82, 2.24) is 30.0 Å². The van der Waals surface area contributed by atoms with Gasteiger partial charge in [-0.15, -0.1) is 0 Å². The average molecular weight is 499 g/mol. The molecule has 1 aromatic carbocycles. The van der Waals surface area contributed by atoms with Crippen LogP contribution in [0.25, 0.3) is 22.2 Å². The van der Waals surface area contributed by atoms with Crippen LogP contribution in [0.1, 0.15) is 43.4 Å². The fraction of sp³-hybridized carbons (Fsp3) is 0.357. The summed E-state index contributed by atoms with van der Waals surface area (Å²) in [7, 11) is 0. The number of likely N-dealkylation sites (tertiary alicyclic amines) is 1. The second-order valence-corrected chi connectivity index (χ2v) is 10.9. The molecule has 1 spiro atoms. The highest BCUT2D eigenvalue weighted by molar-refractivity contribution is 6.31. The molecule has 3 aromatic heterocycles. The average Bonchev–Trinajstić information content (AvgIpc) is 3.58. The molecule has 7 rings (SSSR count). The van der Waals surface area contributed by atoms with E-state index in [9.17, 15) is 4.79 Å². The molecule has 36 heavy (non-hydrogen) atoms. The van der Waals surface area contributed by atoms with E-state index in [0.29, 0.717) is 11.6 Å². The number of nitrogens with one attached hydrogen (secondary N) is 1. The van der Waals surface area contributed by atoms with E-state index in [1.165, 1.54) is 5.69 Å². The van der Waals surface area contributed by atoms with E-state index < -0.39 is 0 Å². The van der Waals surface area contributed by atoms with Crippen molar-refractivity contribution in [2.24, 2.45) is 0 Å². The molecule has 1 saturated carbocycles. The number of benzene rings is 1. The molecule has 5 heterocycles. The van der Waals surface area contributed by atoms with Crippen molar-refractivity contribution in [3.8, 4) is 11.3 Å². The Morgan fingerprint density at radius 3 is 2.72 bits per heavy atom. The maximum absolute atomic E-state index is 13.5. The molecule has 4 aromatic rings. The number of urea groups is 1. The largest absolute Gasteiger partial charge is 0.328 e. The first kappa shape index (κ1) is 21.8. The van der Waals surface area contributed by atoms with Gasteiger partial charge in [-0.2, -0.15) is 5.10 Å². The van der Waals surface area contributed by atoms with Gasteiger partial charge in [-0.25, -0.2) is 4.79 Å². The summed E-state index contributed by atoms with van der Waals surface area (Å²) in [5.41, 5.74) is 4.73. The van der Waals surface area contributed by atoms with Gasteiger partial charge in [0.05, 0.1) is 21.8 Å². The third-order valence-corrected chi connectivity index (χ3v) is 8.80. The normalized spacial score (nSPS) is 22.1. The summed E-state index contributed by atoms with van der Waals surface area (Å²) >= 11 is 6.46. The molecule has 7 nitrogen and oxygen atoms in total. The Balaban J connectivity index is 1.12. The van der Waals surface area contributed by atoms with E-state index in [-0.39, 0.29) is 17.0 Å². The van der Waals surface area contributed by atoms with Crippen LogP contribution in [0.15, 0.2) is 61.1 Å². The minimum atomic E-state index is -0.388. The first-order chi connectivity index (χ1) is 17.6. The second kappa shape index (κ2) is 8.03. The molecule has 1 aliphatic carbocycles. The smallest absolute Gasteiger partial charge is 0.318 e. The number of para-hydroxylation sites is 1. The lowest BCUT2D eigenvalue weighted by molar-refractivity contribution is 0.154. The van der Waals surface area contributed by atoms with E-state index in [1.54, 1.807) is 12.4 Å². The lowest BCUT2D eigenvalue weighted by Crippen LogP contribution is -2.55. The molecule has 3 aliphatic rings. The molecule has 2 amide bonds. The highest BCUT2D eigenvalue weighted by Crippen LogP contribution is 2.46. The number of carbonyl (C=O) groups excluding carboxylic acids is 1. The summed E-state index contributed by atoms with van der Waals surface area (Å²) in [6.07, 6.45) is 10.2. The zero-order valence-electron chi connectivity index (χ0n) is 20.0. The van der Waals surface area contributed by atoms with Gasteiger partial charge in [0.1, 0.15) is 0 Å². The van der Waals surface area contributed by atoms with Crippen LogP contribution in [-0.2, 0) is 17.5 Å². The second-order valence-electron chi connectivity index (χ2n) is 10.5. The number of hydrogen-bond acceptors (Lipinski definition) is 4. The Morgan fingerprint density at radius 2 is 1.89 bits per heavy atom. The maximum atomic E-state index is 13.5. The van der Waals surface area contributed by atoms with Crippen molar-refractivity contribution in [3.63, 3.8) is 0 Å². The summed E-state index contributed by atoms with van der Waals surface area (Å²) in [5, 5.41) is 10.0. The summed E-state index contributed by atoms with van der Waals surface area (Å²) < 4.78 is 2.14. The number of hydrogen-bond donors (Lipinski definition) is 1. The summed E-state index contributed by atoms with van der Waals surface area (Å²) in [6, 6.07) is 14.4. The summed E-state index contributed by atoms with van der Waals surface area (Å²) in [4.78, 5) is 24.2. The number of halogens is 1. The lowest BCUT2D eigenvalue weighted by atomic mass is 9.72. The fourth-order valence-electron chi connectivity index (χ4n) is 6.31. The van der Waals surface area contributed by atoms with Crippen LogP contribution in [0, 0.1) is 0 Å². The summed E-state index contributed by atoms with van der Waals surface area (Å²) in [5.74, 6) is 0. The zero-order valence-corrected chi connectivity index (χ0v) is 20.7. The fourth-order valence-corrected chi connectivity index (χ4v) is 6.61. The van der Waals surface area contributed by atoms with Crippen LogP contribution in [0.4, 0.5) is 4.79 Å². The molecule has 2 fully saturated rings. The van der Waals surface area contributed by atoms with Crippen molar-refractivity contribution < 1.29 is 4.79 Å². The standard InChI is InChI=1S/C28H27ClN6O/c29-22-17-30-11-6-21(22)28(7-3-8-28)32-26(36)34-12-9-27(18-34)10-13-35-25(27)15-24(33-35)20-14-19-4-1-2-5-23(19)31-16-20/h1-2,4-6,11,14-17H,3,7-10,12-13,18H2,(H,32,36). The number of rotatable bonds is 3. The van der Waals surface area contributed by atoms with Crippen LogP contribution < -0.4 is 5.32 Å². The number of fused-ring (bicyclic) bond motifs is 3. The van der Waals surface area contributed by atoms with Crippen LogP contribution in [0.5, 0.6) is 0 Å². The van der Waals surface area contributed by atoms with E-state index in [0.717, 1.165) is 72.9 Å². The number of amides is 2. The quantitative estimate of drug-likeness (QED) is 0.417. The third-order valence-electron chi connectivity index (χ3n) is 8.49. The Hall–Kier alpha value is -3.45. The van der Waals surface area contributed by atoms with Gasteiger partial charge in [-0.3, -0.25) is 14.6 Å². The van der Waals surface area contributed by atoms with E-state index in [2.05, 4.69) is 38.2 Å². The van der Waals surface area contributed by atoms with Crippen molar-refractivity contribution in [2.75, 3.05) is 13.1 Å². The van der Waals surface area contributed by atoms with Crippen LogP contribution in [0.2, 0.25) is 5.02 Å². The van der Waals surface area contributed by atoms with E-state index >= 15 is 0 Å². The van der Waals surface area contributed by atoms with Crippen molar-refractivity contribution in [2.45, 2.75) is 49.6 Å². The lowest BCUT2D eigenvalue weighted by Gasteiger charge is -2.44.